The summed E-state index contributed by atoms with van der Waals surface area (Å²) < 4.78 is 5.05. The molecule has 1 aromatic carbocycles. The maximum atomic E-state index is 13.3. The minimum Gasteiger partial charge on any atom is -0.383 e. The van der Waals surface area contributed by atoms with E-state index < -0.39 is 17.4 Å². The van der Waals surface area contributed by atoms with Gasteiger partial charge in [-0.15, -0.1) is 0 Å². The van der Waals surface area contributed by atoms with Crippen LogP contribution < -0.4 is 10.6 Å². The molecular weight excluding hydrogens is 370 g/mol. The summed E-state index contributed by atoms with van der Waals surface area (Å²) in [6.07, 6.45) is 0. The topological polar surface area (TPSA) is 87.7 Å². The molecule has 0 bridgehead atoms. The molecule has 2 saturated heterocycles. The lowest BCUT2D eigenvalue weighted by molar-refractivity contribution is -0.143. The Morgan fingerprint density at radius 3 is 2.67 bits per heavy atom. The molecule has 0 aliphatic carbocycles. The summed E-state index contributed by atoms with van der Waals surface area (Å²) in [6, 6.07) is 4.95. The van der Waals surface area contributed by atoms with Crippen LogP contribution in [0, 0.1) is 17.8 Å². The van der Waals surface area contributed by atoms with Crippen molar-refractivity contribution in [2.24, 2.45) is 17.8 Å². The van der Waals surface area contributed by atoms with Gasteiger partial charge in [0.1, 0.15) is 5.54 Å². The van der Waals surface area contributed by atoms with E-state index in [1.165, 1.54) is 12.0 Å². The molecule has 8 heteroatoms. The van der Waals surface area contributed by atoms with Gasteiger partial charge in [-0.1, -0.05) is 37.6 Å². The third kappa shape index (κ3) is 2.31. The van der Waals surface area contributed by atoms with Crippen molar-refractivity contribution < 1.29 is 19.1 Å². The van der Waals surface area contributed by atoms with Crippen LogP contribution in [-0.4, -0.2) is 48.9 Å². The van der Waals surface area contributed by atoms with E-state index in [1.54, 1.807) is 18.2 Å². The SMILES string of the molecule is COCCN1C(=O)[C@@H]2[C@@H](C(C)C)N[C@]3(C(=O)Nc4c(Cl)cccc43)[C@@H]2C1=O. The van der Waals surface area contributed by atoms with Gasteiger partial charge in [-0.2, -0.15) is 0 Å². The minimum absolute atomic E-state index is 0.0621. The molecule has 0 saturated carbocycles. The van der Waals surface area contributed by atoms with Gasteiger partial charge < -0.3 is 10.1 Å². The maximum Gasteiger partial charge on any atom is 0.250 e. The van der Waals surface area contributed by atoms with Crippen molar-refractivity contribution in [3.63, 3.8) is 0 Å². The standard InChI is InChI=1S/C19H22ClN3O4/c1-9(2)14-12-13(17(25)23(16(12)24)7-8-27-3)19(22-14)10-5-4-6-11(20)15(10)21-18(19)26/h4-6,9,12-14,22H,7-8H2,1-3H3,(H,21,26)/t12-,13-,14+,19-/m0/s1. The van der Waals surface area contributed by atoms with Crippen LogP contribution in [0.15, 0.2) is 18.2 Å². The van der Waals surface area contributed by atoms with Gasteiger partial charge in [-0.25, -0.2) is 0 Å². The van der Waals surface area contributed by atoms with Gasteiger partial charge in [-0.3, -0.25) is 24.6 Å². The Bertz CT molecular complexity index is 842. The first-order chi connectivity index (χ1) is 12.8. The van der Waals surface area contributed by atoms with E-state index in [9.17, 15) is 14.4 Å². The highest BCUT2D eigenvalue weighted by Crippen LogP contribution is 2.54. The number of ether oxygens (including phenoxy) is 1. The molecule has 0 radical (unpaired) electrons. The molecule has 0 aromatic heterocycles. The lowest BCUT2D eigenvalue weighted by Gasteiger charge is -2.30. The van der Waals surface area contributed by atoms with Crippen LogP contribution >= 0.6 is 11.6 Å². The number of fused-ring (bicyclic) bond motifs is 4. The number of nitrogens with one attached hydrogen (secondary N) is 2. The number of likely N-dealkylation sites (tertiary alicyclic amines) is 1. The molecule has 2 fully saturated rings. The number of hydrogen-bond acceptors (Lipinski definition) is 5. The number of halogens is 1. The van der Waals surface area contributed by atoms with Crippen LogP contribution in [-0.2, 0) is 24.7 Å². The Balaban J connectivity index is 1.87. The zero-order valence-corrected chi connectivity index (χ0v) is 16.2. The summed E-state index contributed by atoms with van der Waals surface area (Å²) in [4.78, 5) is 40.8. The maximum absolute atomic E-state index is 13.3. The molecule has 3 amide bonds. The third-order valence-electron chi connectivity index (χ3n) is 5.96. The Morgan fingerprint density at radius 2 is 2.00 bits per heavy atom. The van der Waals surface area contributed by atoms with Crippen molar-refractivity contribution in [2.75, 3.05) is 25.6 Å². The van der Waals surface area contributed by atoms with Crippen LogP contribution in [0.3, 0.4) is 0 Å². The highest BCUT2D eigenvalue weighted by molar-refractivity contribution is 6.35. The van der Waals surface area contributed by atoms with Crippen LogP contribution in [0.2, 0.25) is 5.02 Å². The van der Waals surface area contributed by atoms with E-state index in [1.807, 2.05) is 13.8 Å². The Kier molecular flexibility index (Phi) is 4.29. The molecule has 144 valence electrons. The Morgan fingerprint density at radius 1 is 1.26 bits per heavy atom. The summed E-state index contributed by atoms with van der Waals surface area (Å²) in [6.45, 7) is 4.41. The van der Waals surface area contributed by atoms with Gasteiger partial charge in [0, 0.05) is 18.7 Å². The van der Waals surface area contributed by atoms with Crippen molar-refractivity contribution >= 4 is 35.0 Å². The summed E-state index contributed by atoms with van der Waals surface area (Å²) >= 11 is 6.28. The number of methoxy groups -OCH3 is 1. The second-order valence-corrected chi connectivity index (χ2v) is 8.07. The number of anilines is 1. The molecule has 27 heavy (non-hydrogen) atoms. The van der Waals surface area contributed by atoms with Crippen LogP contribution in [0.1, 0.15) is 19.4 Å². The molecule has 4 atom stereocenters. The summed E-state index contributed by atoms with van der Waals surface area (Å²) in [5.41, 5.74) is -0.141. The number of carbonyl (C=O) groups is 3. The molecule has 1 spiro atoms. The van der Waals surface area contributed by atoms with Crippen molar-refractivity contribution in [3.05, 3.63) is 28.8 Å². The van der Waals surface area contributed by atoms with Gasteiger partial charge in [0.05, 0.1) is 35.7 Å². The first-order valence-electron chi connectivity index (χ1n) is 9.07. The molecule has 2 N–H and O–H groups in total. The summed E-state index contributed by atoms with van der Waals surface area (Å²) in [7, 11) is 1.52. The van der Waals surface area contributed by atoms with Crippen molar-refractivity contribution in [2.45, 2.75) is 25.4 Å². The predicted octanol–water partition coefficient (Wildman–Crippen LogP) is 1.36. The Labute approximate surface area is 162 Å². The lowest BCUT2D eigenvalue weighted by atomic mass is 9.76. The highest BCUT2D eigenvalue weighted by Gasteiger charge is 2.70. The van der Waals surface area contributed by atoms with E-state index in [0.29, 0.717) is 16.3 Å². The van der Waals surface area contributed by atoms with Crippen molar-refractivity contribution in [3.8, 4) is 0 Å². The van der Waals surface area contributed by atoms with Crippen LogP contribution in [0.5, 0.6) is 0 Å². The third-order valence-corrected chi connectivity index (χ3v) is 6.28. The first-order valence-corrected chi connectivity index (χ1v) is 9.44. The number of imide groups is 1. The normalized spacial score (nSPS) is 31.8. The minimum atomic E-state index is -1.28. The van der Waals surface area contributed by atoms with Gasteiger partial charge in [-0.05, 0) is 12.0 Å². The molecule has 3 aliphatic heterocycles. The van der Waals surface area contributed by atoms with E-state index >= 15 is 0 Å². The number of para-hydroxylation sites is 1. The van der Waals surface area contributed by atoms with E-state index in [2.05, 4.69) is 10.6 Å². The molecule has 3 heterocycles. The van der Waals surface area contributed by atoms with Gasteiger partial charge in [0.2, 0.25) is 17.7 Å². The monoisotopic (exact) mass is 391 g/mol. The van der Waals surface area contributed by atoms with Gasteiger partial charge in [0.15, 0.2) is 0 Å². The number of hydrogen-bond donors (Lipinski definition) is 2. The lowest BCUT2D eigenvalue weighted by Crippen LogP contribution is -2.54. The zero-order chi connectivity index (χ0) is 19.5. The van der Waals surface area contributed by atoms with E-state index in [-0.39, 0.29) is 42.8 Å². The highest BCUT2D eigenvalue weighted by atomic mass is 35.5. The number of nitrogens with zero attached hydrogens (tertiary/aromatic N) is 1. The molecule has 4 rings (SSSR count). The number of amides is 3. The fraction of sp³-hybridized carbons (Fsp3) is 0.526. The first kappa shape index (κ1) is 18.4. The quantitative estimate of drug-likeness (QED) is 0.757. The number of carbonyl (C=O) groups excluding carboxylic acids is 3. The molecule has 3 aliphatic rings. The average Bonchev–Trinajstić information content (AvgIpc) is 3.21. The smallest absolute Gasteiger partial charge is 0.250 e. The fourth-order valence-electron chi connectivity index (χ4n) is 4.76. The van der Waals surface area contributed by atoms with E-state index in [4.69, 9.17) is 16.3 Å². The molecular formula is C19H22ClN3O4. The molecule has 7 nitrogen and oxygen atoms in total. The summed E-state index contributed by atoms with van der Waals surface area (Å²) in [5.74, 6) is -2.24. The van der Waals surface area contributed by atoms with Crippen LogP contribution in [0.25, 0.3) is 0 Å². The number of benzene rings is 1. The van der Waals surface area contributed by atoms with E-state index in [0.717, 1.165) is 0 Å². The molecule has 1 aromatic rings. The van der Waals surface area contributed by atoms with Gasteiger partial charge in [0.25, 0.3) is 0 Å². The Hall–Kier alpha value is -1.96. The predicted molar refractivity (Wildman–Crippen MR) is 99.1 cm³/mol. The summed E-state index contributed by atoms with van der Waals surface area (Å²) in [5, 5.41) is 6.61. The largest absolute Gasteiger partial charge is 0.383 e. The zero-order valence-electron chi connectivity index (χ0n) is 15.4. The van der Waals surface area contributed by atoms with Gasteiger partial charge >= 0.3 is 0 Å². The van der Waals surface area contributed by atoms with Crippen molar-refractivity contribution in [1.29, 1.82) is 0 Å². The fourth-order valence-corrected chi connectivity index (χ4v) is 4.98. The van der Waals surface area contributed by atoms with Crippen molar-refractivity contribution in [1.82, 2.24) is 10.2 Å². The second-order valence-electron chi connectivity index (χ2n) is 7.66. The second kappa shape index (κ2) is 6.29. The van der Waals surface area contributed by atoms with Crippen LogP contribution in [0.4, 0.5) is 5.69 Å². The molecule has 0 unspecified atom stereocenters. The average molecular weight is 392 g/mol. The number of rotatable bonds is 4.